The Morgan fingerprint density at radius 1 is 1.14 bits per heavy atom. The van der Waals surface area contributed by atoms with Crippen LogP contribution in [-0.2, 0) is 14.2 Å². The first kappa shape index (κ1) is 21.3. The van der Waals surface area contributed by atoms with Crippen LogP contribution < -0.4 is 5.32 Å². The predicted octanol–water partition coefficient (Wildman–Crippen LogP) is 3.63. The van der Waals surface area contributed by atoms with E-state index in [0.29, 0.717) is 38.8 Å². The summed E-state index contributed by atoms with van der Waals surface area (Å²) in [7, 11) is 0. The molecule has 0 aliphatic carbocycles. The summed E-state index contributed by atoms with van der Waals surface area (Å²) < 4.78 is 57.8. The van der Waals surface area contributed by atoms with Crippen molar-refractivity contribution < 1.29 is 32.2 Å². The minimum Gasteiger partial charge on any atom is -0.489 e. The SMILES string of the molecule is CC(C)(C)OC(=O)N[C@H]1CC(N2CCOCC2)=CO[C@@H]1c1cc(F)c(F)cc1F. The van der Waals surface area contributed by atoms with Crippen LogP contribution in [0.3, 0.4) is 0 Å². The summed E-state index contributed by atoms with van der Waals surface area (Å²) in [5.41, 5.74) is -0.110. The van der Waals surface area contributed by atoms with Crippen molar-refractivity contribution in [2.24, 2.45) is 0 Å². The third kappa shape index (κ3) is 5.35. The molecule has 1 fully saturated rings. The number of hydrogen-bond acceptors (Lipinski definition) is 5. The molecule has 1 N–H and O–H groups in total. The largest absolute Gasteiger partial charge is 0.489 e. The maximum absolute atomic E-state index is 14.4. The first-order valence-electron chi connectivity index (χ1n) is 9.45. The van der Waals surface area contributed by atoms with Crippen LogP contribution >= 0.6 is 0 Å². The van der Waals surface area contributed by atoms with E-state index in [1.54, 1.807) is 20.8 Å². The lowest BCUT2D eigenvalue weighted by Crippen LogP contribution is -2.47. The Kier molecular flexibility index (Phi) is 6.26. The number of morpholine rings is 1. The van der Waals surface area contributed by atoms with Gasteiger partial charge in [0.15, 0.2) is 11.6 Å². The molecule has 0 aromatic heterocycles. The minimum atomic E-state index is -1.29. The molecule has 6 nitrogen and oxygen atoms in total. The van der Waals surface area contributed by atoms with Crippen molar-refractivity contribution in [3.63, 3.8) is 0 Å². The van der Waals surface area contributed by atoms with E-state index in [0.717, 1.165) is 11.8 Å². The minimum absolute atomic E-state index is 0.178. The standard InChI is InChI=1S/C20H25F3N2O4/c1-20(2,3)29-19(26)24-17-8-12(25-4-6-27-7-5-25)11-28-18(17)13-9-15(22)16(23)10-14(13)21/h9-11,17-18H,4-8H2,1-3H3,(H,24,26)/t17-,18+/m0/s1. The third-order valence-corrected chi connectivity index (χ3v) is 4.61. The summed E-state index contributed by atoms with van der Waals surface area (Å²) in [6.45, 7) is 7.57. The van der Waals surface area contributed by atoms with Crippen LogP contribution in [0.1, 0.15) is 38.9 Å². The quantitative estimate of drug-likeness (QED) is 0.766. The molecule has 2 atom stereocenters. The highest BCUT2D eigenvalue weighted by Crippen LogP contribution is 2.34. The second-order valence-electron chi connectivity index (χ2n) is 8.01. The second-order valence-corrected chi connectivity index (χ2v) is 8.01. The van der Waals surface area contributed by atoms with E-state index in [-0.39, 0.29) is 5.56 Å². The predicted molar refractivity (Wildman–Crippen MR) is 98.4 cm³/mol. The fourth-order valence-corrected chi connectivity index (χ4v) is 3.31. The Labute approximate surface area is 167 Å². The lowest BCUT2D eigenvalue weighted by atomic mass is 9.95. The van der Waals surface area contributed by atoms with Gasteiger partial charge in [0.1, 0.15) is 23.8 Å². The van der Waals surface area contributed by atoms with Crippen LogP contribution in [0.5, 0.6) is 0 Å². The Balaban J connectivity index is 1.86. The summed E-state index contributed by atoms with van der Waals surface area (Å²) >= 11 is 0. The number of alkyl carbamates (subject to hydrolysis) is 1. The number of carbonyl (C=O) groups is 1. The molecule has 2 heterocycles. The number of rotatable bonds is 3. The molecule has 2 aliphatic heterocycles. The van der Waals surface area contributed by atoms with Crippen molar-refractivity contribution in [1.82, 2.24) is 10.2 Å². The maximum Gasteiger partial charge on any atom is 0.408 e. The Bertz CT molecular complexity index is 789. The van der Waals surface area contributed by atoms with Gasteiger partial charge in [-0.2, -0.15) is 0 Å². The highest BCUT2D eigenvalue weighted by molar-refractivity contribution is 5.68. The summed E-state index contributed by atoms with van der Waals surface area (Å²) in [4.78, 5) is 14.4. The van der Waals surface area contributed by atoms with Crippen LogP contribution in [0.2, 0.25) is 0 Å². The summed E-state index contributed by atoms with van der Waals surface area (Å²) in [5.74, 6) is -3.43. The number of nitrogens with zero attached hydrogens (tertiary/aromatic N) is 1. The van der Waals surface area contributed by atoms with Crippen molar-refractivity contribution >= 4 is 6.09 Å². The molecule has 1 aromatic rings. The zero-order valence-corrected chi connectivity index (χ0v) is 16.6. The molecule has 3 rings (SSSR count). The first-order chi connectivity index (χ1) is 13.6. The average Bonchev–Trinajstić information content (AvgIpc) is 2.64. The van der Waals surface area contributed by atoms with Gasteiger partial charge in [0.2, 0.25) is 0 Å². The fourth-order valence-electron chi connectivity index (χ4n) is 3.31. The molecular weight excluding hydrogens is 389 g/mol. The van der Waals surface area contributed by atoms with Gasteiger partial charge in [-0.3, -0.25) is 0 Å². The van der Waals surface area contributed by atoms with Gasteiger partial charge in [0.25, 0.3) is 0 Å². The van der Waals surface area contributed by atoms with E-state index < -0.39 is 41.3 Å². The Morgan fingerprint density at radius 2 is 1.79 bits per heavy atom. The van der Waals surface area contributed by atoms with Gasteiger partial charge in [-0.25, -0.2) is 18.0 Å². The molecule has 0 saturated carbocycles. The maximum atomic E-state index is 14.4. The molecule has 2 aliphatic rings. The Morgan fingerprint density at radius 3 is 2.45 bits per heavy atom. The number of hydrogen-bond donors (Lipinski definition) is 1. The summed E-state index contributed by atoms with van der Waals surface area (Å²) in [6, 6.07) is 0.485. The van der Waals surface area contributed by atoms with E-state index in [1.165, 1.54) is 6.26 Å². The molecule has 1 saturated heterocycles. The van der Waals surface area contributed by atoms with Gasteiger partial charge in [-0.15, -0.1) is 0 Å². The van der Waals surface area contributed by atoms with Crippen molar-refractivity contribution in [3.8, 4) is 0 Å². The molecule has 0 unspecified atom stereocenters. The number of carbonyl (C=O) groups excluding carboxylic acids is 1. The van der Waals surface area contributed by atoms with Gasteiger partial charge in [0, 0.05) is 31.1 Å². The lowest BCUT2D eigenvalue weighted by molar-refractivity contribution is 0.0200. The van der Waals surface area contributed by atoms with Crippen LogP contribution in [0.25, 0.3) is 0 Å². The van der Waals surface area contributed by atoms with Gasteiger partial charge < -0.3 is 24.4 Å². The molecule has 160 valence electrons. The zero-order chi connectivity index (χ0) is 21.2. The topological polar surface area (TPSA) is 60.0 Å². The molecule has 0 radical (unpaired) electrons. The van der Waals surface area contributed by atoms with Gasteiger partial charge in [-0.05, 0) is 26.8 Å². The molecule has 0 spiro atoms. The zero-order valence-electron chi connectivity index (χ0n) is 16.6. The average molecular weight is 414 g/mol. The fraction of sp³-hybridized carbons (Fsp3) is 0.550. The van der Waals surface area contributed by atoms with Crippen LogP contribution in [-0.4, -0.2) is 48.9 Å². The highest BCUT2D eigenvalue weighted by Gasteiger charge is 2.35. The molecular formula is C20H25F3N2O4. The molecule has 9 heteroatoms. The van der Waals surface area contributed by atoms with Crippen molar-refractivity contribution in [3.05, 3.63) is 47.1 Å². The van der Waals surface area contributed by atoms with E-state index in [4.69, 9.17) is 14.2 Å². The van der Waals surface area contributed by atoms with Crippen molar-refractivity contribution in [2.75, 3.05) is 26.3 Å². The normalized spacial score (nSPS) is 22.6. The first-order valence-corrected chi connectivity index (χ1v) is 9.45. The number of ether oxygens (including phenoxy) is 3. The second kappa shape index (κ2) is 8.52. The monoisotopic (exact) mass is 414 g/mol. The lowest BCUT2D eigenvalue weighted by Gasteiger charge is -2.38. The van der Waals surface area contributed by atoms with Crippen molar-refractivity contribution in [1.29, 1.82) is 0 Å². The summed E-state index contributed by atoms with van der Waals surface area (Å²) in [5, 5.41) is 2.69. The van der Waals surface area contributed by atoms with E-state index in [1.807, 2.05) is 4.90 Å². The van der Waals surface area contributed by atoms with Crippen LogP contribution in [0.15, 0.2) is 24.1 Å². The number of benzene rings is 1. The van der Waals surface area contributed by atoms with E-state index >= 15 is 0 Å². The molecule has 0 bridgehead atoms. The highest BCUT2D eigenvalue weighted by atomic mass is 19.2. The number of halogens is 3. The smallest absolute Gasteiger partial charge is 0.408 e. The van der Waals surface area contributed by atoms with Crippen LogP contribution in [0.4, 0.5) is 18.0 Å². The summed E-state index contributed by atoms with van der Waals surface area (Å²) in [6.07, 6.45) is 0.0384. The molecule has 1 amide bonds. The Hall–Kier alpha value is -2.42. The number of amides is 1. The molecule has 1 aromatic carbocycles. The van der Waals surface area contributed by atoms with Gasteiger partial charge in [0.05, 0.1) is 25.0 Å². The molecule has 29 heavy (non-hydrogen) atoms. The van der Waals surface area contributed by atoms with E-state index in [2.05, 4.69) is 5.32 Å². The van der Waals surface area contributed by atoms with E-state index in [9.17, 15) is 18.0 Å². The van der Waals surface area contributed by atoms with Gasteiger partial charge >= 0.3 is 6.09 Å². The number of nitrogens with one attached hydrogen (secondary N) is 1. The third-order valence-electron chi connectivity index (χ3n) is 4.61. The van der Waals surface area contributed by atoms with Crippen molar-refractivity contribution in [2.45, 2.75) is 44.9 Å². The van der Waals surface area contributed by atoms with Crippen LogP contribution in [0, 0.1) is 17.5 Å². The van der Waals surface area contributed by atoms with Gasteiger partial charge in [-0.1, -0.05) is 0 Å².